The van der Waals surface area contributed by atoms with Gasteiger partial charge in [0.25, 0.3) is 0 Å². The fourth-order valence-corrected chi connectivity index (χ4v) is 3.41. The molecule has 0 aliphatic heterocycles. The second kappa shape index (κ2) is 8.21. The largest absolute Gasteiger partial charge is 0.325 e. The van der Waals surface area contributed by atoms with Gasteiger partial charge in [-0.3, -0.25) is 14.5 Å². The summed E-state index contributed by atoms with van der Waals surface area (Å²) in [6, 6.07) is 6.47. The van der Waals surface area contributed by atoms with Crippen molar-refractivity contribution in [1.82, 2.24) is 4.90 Å². The summed E-state index contributed by atoms with van der Waals surface area (Å²) in [4.78, 5) is 25.3. The third kappa shape index (κ3) is 6.92. The van der Waals surface area contributed by atoms with Gasteiger partial charge in [-0.2, -0.15) is 0 Å². The zero-order valence-electron chi connectivity index (χ0n) is 14.0. The molecule has 0 aliphatic carbocycles. The van der Waals surface area contributed by atoms with Crippen molar-refractivity contribution in [1.29, 1.82) is 0 Å². The van der Waals surface area contributed by atoms with Gasteiger partial charge in [-0.25, -0.2) is 8.42 Å². The third-order valence-electron chi connectivity index (χ3n) is 3.47. The van der Waals surface area contributed by atoms with Gasteiger partial charge in [0.2, 0.25) is 5.91 Å². The Bertz CT molecular complexity index is 670. The summed E-state index contributed by atoms with van der Waals surface area (Å²) >= 11 is 0. The molecule has 7 heteroatoms. The summed E-state index contributed by atoms with van der Waals surface area (Å²) < 4.78 is 22.8. The minimum atomic E-state index is -3.10. The van der Waals surface area contributed by atoms with Gasteiger partial charge in [0, 0.05) is 23.5 Å². The van der Waals surface area contributed by atoms with Crippen molar-refractivity contribution in [2.75, 3.05) is 30.4 Å². The number of benzene rings is 1. The van der Waals surface area contributed by atoms with E-state index in [9.17, 15) is 18.0 Å². The Hall–Kier alpha value is -1.73. The lowest BCUT2D eigenvalue weighted by Gasteiger charge is -2.26. The van der Waals surface area contributed by atoms with E-state index < -0.39 is 9.84 Å². The van der Waals surface area contributed by atoms with Gasteiger partial charge in [0.05, 0.1) is 12.3 Å². The first kappa shape index (κ1) is 19.3. The van der Waals surface area contributed by atoms with E-state index in [1.807, 2.05) is 6.92 Å². The van der Waals surface area contributed by atoms with Gasteiger partial charge in [0.1, 0.15) is 9.84 Å². The second-order valence-electron chi connectivity index (χ2n) is 5.69. The fraction of sp³-hybridized carbons (Fsp3) is 0.500. The van der Waals surface area contributed by atoms with Gasteiger partial charge < -0.3 is 5.32 Å². The number of amides is 1. The van der Waals surface area contributed by atoms with Crippen molar-refractivity contribution in [3.8, 4) is 0 Å². The maximum Gasteiger partial charge on any atom is 0.238 e. The number of nitrogens with one attached hydrogen (secondary N) is 1. The van der Waals surface area contributed by atoms with E-state index in [1.165, 1.54) is 13.2 Å². The summed E-state index contributed by atoms with van der Waals surface area (Å²) in [7, 11) is -3.10. The van der Waals surface area contributed by atoms with E-state index in [4.69, 9.17) is 0 Å². The number of hydrogen-bond acceptors (Lipinski definition) is 5. The molecule has 1 N–H and O–H groups in total. The lowest BCUT2D eigenvalue weighted by molar-refractivity contribution is -0.117. The molecule has 0 aliphatic rings. The highest BCUT2D eigenvalue weighted by molar-refractivity contribution is 7.90. The van der Waals surface area contributed by atoms with Crippen LogP contribution in [0.2, 0.25) is 0 Å². The number of carbonyl (C=O) groups excluding carboxylic acids is 2. The van der Waals surface area contributed by atoms with Gasteiger partial charge in [-0.1, -0.05) is 19.1 Å². The van der Waals surface area contributed by atoms with E-state index in [-0.39, 0.29) is 30.0 Å². The Morgan fingerprint density at radius 2 is 1.96 bits per heavy atom. The van der Waals surface area contributed by atoms with E-state index in [0.717, 1.165) is 0 Å². The molecule has 23 heavy (non-hydrogen) atoms. The van der Waals surface area contributed by atoms with E-state index in [1.54, 1.807) is 36.1 Å². The number of anilines is 1. The van der Waals surface area contributed by atoms with Crippen LogP contribution in [0, 0.1) is 0 Å². The summed E-state index contributed by atoms with van der Waals surface area (Å²) in [5.74, 6) is -0.306. The molecular formula is C16H24N2O4S. The van der Waals surface area contributed by atoms with Crippen LogP contribution in [0.3, 0.4) is 0 Å². The normalized spacial score (nSPS) is 12.9. The van der Waals surface area contributed by atoms with Crippen LogP contribution in [0.1, 0.15) is 31.1 Å². The number of rotatable bonds is 8. The molecule has 0 spiro atoms. The number of likely N-dealkylation sites (N-methyl/N-ethyl adjacent to an activating group) is 1. The fourth-order valence-electron chi connectivity index (χ4n) is 2.32. The Morgan fingerprint density at radius 1 is 1.30 bits per heavy atom. The molecule has 0 heterocycles. The number of sulfone groups is 1. The first-order chi connectivity index (χ1) is 10.6. The molecule has 1 aromatic rings. The molecular weight excluding hydrogens is 316 g/mol. The van der Waals surface area contributed by atoms with Gasteiger partial charge in [-0.05, 0) is 32.5 Å². The molecule has 0 aromatic heterocycles. The standard InChI is InChI=1S/C16H24N2O4S/c1-5-18(12(2)11-23(4,21)22)10-16(20)17-15-8-6-7-14(9-15)13(3)19/h6-9,12H,5,10-11H2,1-4H3,(H,17,20). The summed E-state index contributed by atoms with van der Waals surface area (Å²) in [5.41, 5.74) is 1.08. The van der Waals surface area contributed by atoms with Crippen LogP contribution in [0.15, 0.2) is 24.3 Å². The van der Waals surface area contributed by atoms with Crippen molar-refractivity contribution >= 4 is 27.2 Å². The summed E-state index contributed by atoms with van der Waals surface area (Å²) in [6.45, 7) is 5.79. The average Bonchev–Trinajstić information content (AvgIpc) is 2.43. The highest BCUT2D eigenvalue weighted by Crippen LogP contribution is 2.11. The van der Waals surface area contributed by atoms with Crippen molar-refractivity contribution in [2.24, 2.45) is 0 Å². The molecule has 1 rings (SSSR count). The van der Waals surface area contributed by atoms with Crippen LogP contribution in [-0.2, 0) is 14.6 Å². The lowest BCUT2D eigenvalue weighted by atomic mass is 10.1. The molecule has 0 saturated heterocycles. The maximum atomic E-state index is 12.1. The minimum absolute atomic E-state index is 0.00788. The predicted octanol–water partition coefficient (Wildman–Crippen LogP) is 1.58. The molecule has 0 fully saturated rings. The smallest absolute Gasteiger partial charge is 0.238 e. The van der Waals surface area contributed by atoms with Crippen molar-refractivity contribution in [2.45, 2.75) is 26.8 Å². The van der Waals surface area contributed by atoms with E-state index in [0.29, 0.717) is 17.8 Å². The van der Waals surface area contributed by atoms with Crippen LogP contribution in [-0.4, -0.2) is 56.1 Å². The quantitative estimate of drug-likeness (QED) is 0.727. The molecule has 1 atom stereocenters. The lowest BCUT2D eigenvalue weighted by Crippen LogP contribution is -2.42. The Balaban J connectivity index is 2.70. The minimum Gasteiger partial charge on any atom is -0.325 e. The van der Waals surface area contributed by atoms with E-state index in [2.05, 4.69) is 5.32 Å². The Labute approximate surface area is 137 Å². The monoisotopic (exact) mass is 340 g/mol. The molecule has 0 bridgehead atoms. The van der Waals surface area contributed by atoms with Crippen LogP contribution >= 0.6 is 0 Å². The highest BCUT2D eigenvalue weighted by atomic mass is 32.2. The molecule has 0 saturated carbocycles. The topological polar surface area (TPSA) is 83.6 Å². The molecule has 1 amide bonds. The molecule has 6 nitrogen and oxygen atoms in total. The average molecular weight is 340 g/mol. The highest BCUT2D eigenvalue weighted by Gasteiger charge is 2.19. The molecule has 0 radical (unpaired) electrons. The number of carbonyl (C=O) groups is 2. The van der Waals surface area contributed by atoms with Crippen LogP contribution < -0.4 is 5.32 Å². The van der Waals surface area contributed by atoms with Crippen LogP contribution in [0.25, 0.3) is 0 Å². The van der Waals surface area contributed by atoms with Crippen LogP contribution in [0.5, 0.6) is 0 Å². The van der Waals surface area contributed by atoms with E-state index >= 15 is 0 Å². The molecule has 128 valence electrons. The van der Waals surface area contributed by atoms with Crippen molar-refractivity contribution < 1.29 is 18.0 Å². The predicted molar refractivity (Wildman–Crippen MR) is 91.5 cm³/mol. The second-order valence-corrected chi connectivity index (χ2v) is 7.87. The Morgan fingerprint density at radius 3 is 2.48 bits per heavy atom. The SMILES string of the molecule is CCN(CC(=O)Nc1cccc(C(C)=O)c1)C(C)CS(C)(=O)=O. The molecule has 1 aromatic carbocycles. The van der Waals surface area contributed by atoms with Gasteiger partial charge in [-0.15, -0.1) is 0 Å². The number of nitrogens with zero attached hydrogens (tertiary/aromatic N) is 1. The van der Waals surface area contributed by atoms with Crippen molar-refractivity contribution in [3.05, 3.63) is 29.8 Å². The number of hydrogen-bond donors (Lipinski definition) is 1. The first-order valence-corrected chi connectivity index (χ1v) is 9.51. The number of Topliss-reactive ketones (excluding diaryl/α,β-unsaturated/α-hetero) is 1. The maximum absolute atomic E-state index is 12.1. The zero-order chi connectivity index (χ0) is 17.6. The summed E-state index contributed by atoms with van der Waals surface area (Å²) in [6.07, 6.45) is 1.19. The summed E-state index contributed by atoms with van der Waals surface area (Å²) in [5, 5.41) is 2.74. The Kier molecular flexibility index (Phi) is 6.90. The van der Waals surface area contributed by atoms with Gasteiger partial charge in [0.15, 0.2) is 5.78 Å². The van der Waals surface area contributed by atoms with Crippen molar-refractivity contribution in [3.63, 3.8) is 0 Å². The van der Waals surface area contributed by atoms with Crippen LogP contribution in [0.4, 0.5) is 5.69 Å². The zero-order valence-corrected chi connectivity index (χ0v) is 14.8. The van der Waals surface area contributed by atoms with Gasteiger partial charge >= 0.3 is 0 Å². The third-order valence-corrected chi connectivity index (χ3v) is 4.56. The first-order valence-electron chi connectivity index (χ1n) is 7.45. The molecule has 1 unspecified atom stereocenters. The number of ketones is 1.